The number of fused-ring (bicyclic) bond motifs is 1. The minimum atomic E-state index is -1.75. The van der Waals surface area contributed by atoms with Crippen LogP contribution in [0.25, 0.3) is 10.8 Å². The van der Waals surface area contributed by atoms with Crippen molar-refractivity contribution in [2.24, 2.45) is 0 Å². The van der Waals surface area contributed by atoms with E-state index in [-0.39, 0.29) is 0 Å². The molecule has 0 amide bonds. The van der Waals surface area contributed by atoms with Crippen molar-refractivity contribution in [2.45, 2.75) is 25.0 Å². The van der Waals surface area contributed by atoms with Crippen molar-refractivity contribution < 1.29 is 28.9 Å². The van der Waals surface area contributed by atoms with Crippen LogP contribution >= 0.6 is 0 Å². The van der Waals surface area contributed by atoms with Gasteiger partial charge in [-0.1, -0.05) is 48.5 Å². The summed E-state index contributed by atoms with van der Waals surface area (Å²) in [5.74, 6) is -2.53. The van der Waals surface area contributed by atoms with Gasteiger partial charge in [0.1, 0.15) is 17.6 Å². The highest BCUT2D eigenvalue weighted by Gasteiger charge is 2.61. The summed E-state index contributed by atoms with van der Waals surface area (Å²) < 4.78 is 16.4. The highest BCUT2D eigenvalue weighted by atomic mass is 16.8. The Morgan fingerprint density at radius 3 is 2.57 bits per heavy atom. The number of rotatable bonds is 4. The maximum absolute atomic E-state index is 11.6. The van der Waals surface area contributed by atoms with Crippen LogP contribution in [0.1, 0.15) is 12.0 Å². The van der Waals surface area contributed by atoms with Crippen LogP contribution in [0.15, 0.2) is 66.7 Å². The molecule has 5 rings (SSSR count). The van der Waals surface area contributed by atoms with Crippen LogP contribution in [-0.2, 0) is 25.6 Å². The van der Waals surface area contributed by atoms with Gasteiger partial charge in [0.25, 0.3) is 0 Å². The normalized spacial score (nSPS) is 20.5. The lowest BCUT2D eigenvalue weighted by atomic mass is 10.1. The Hall–Kier alpha value is -3.42. The summed E-state index contributed by atoms with van der Waals surface area (Å²) in [6.07, 6.45) is -0.768. The van der Waals surface area contributed by atoms with Crippen molar-refractivity contribution in [1.82, 2.24) is 4.90 Å². The lowest BCUT2D eigenvalue weighted by molar-refractivity contribution is -0.270. The topological polar surface area (TPSA) is 85.3 Å². The molecular weight excluding hydrogens is 386 g/mol. The van der Waals surface area contributed by atoms with E-state index in [4.69, 9.17) is 14.2 Å². The van der Waals surface area contributed by atoms with E-state index in [2.05, 4.69) is 0 Å². The highest BCUT2D eigenvalue weighted by Crippen LogP contribution is 2.38. The molecule has 0 bridgehead atoms. The number of hydrogen-bond acceptors (Lipinski definition) is 7. The highest BCUT2D eigenvalue weighted by molar-refractivity contribution is 6.31. The summed E-state index contributed by atoms with van der Waals surface area (Å²) in [4.78, 5) is 24.8. The third kappa shape index (κ3) is 3.08. The molecule has 3 aromatic carbocycles. The molecule has 1 spiro atoms. The molecule has 0 radical (unpaired) electrons. The number of aliphatic hydroxyl groups is 1. The van der Waals surface area contributed by atoms with Crippen molar-refractivity contribution >= 4 is 22.7 Å². The third-order valence-electron chi connectivity index (χ3n) is 5.43. The van der Waals surface area contributed by atoms with E-state index in [9.17, 15) is 14.7 Å². The van der Waals surface area contributed by atoms with E-state index in [1.165, 1.54) is 0 Å². The molecule has 1 N–H and O–H groups in total. The fourth-order valence-corrected chi connectivity index (χ4v) is 3.99. The predicted octanol–water partition coefficient (Wildman–Crippen LogP) is 2.95. The van der Waals surface area contributed by atoms with Gasteiger partial charge in [0.2, 0.25) is 0 Å². The summed E-state index contributed by atoms with van der Waals surface area (Å²) in [5.41, 5.74) is 0.861. The molecule has 152 valence electrons. The quantitative estimate of drug-likeness (QED) is 0.528. The molecular formula is C23H19NO6. The number of esters is 2. The molecule has 2 aliphatic heterocycles. The fraction of sp³-hybridized carbons (Fsp3) is 0.217. The maximum atomic E-state index is 11.6. The molecule has 0 saturated carbocycles. The lowest BCUT2D eigenvalue weighted by Gasteiger charge is -2.32. The van der Waals surface area contributed by atoms with Crippen LogP contribution in [0.3, 0.4) is 0 Å². The Morgan fingerprint density at radius 2 is 1.73 bits per heavy atom. The number of carbonyl (C=O) groups is 2. The van der Waals surface area contributed by atoms with Crippen LogP contribution in [0.4, 0.5) is 0 Å². The number of hydrogen-bond donors (Lipinski definition) is 1. The molecule has 1 atom stereocenters. The van der Waals surface area contributed by atoms with Gasteiger partial charge in [0.05, 0.1) is 0 Å². The molecule has 2 fully saturated rings. The zero-order chi connectivity index (χ0) is 20.7. The van der Waals surface area contributed by atoms with Gasteiger partial charge in [0.15, 0.2) is 0 Å². The molecule has 7 heteroatoms. The Labute approximate surface area is 172 Å². The van der Waals surface area contributed by atoms with E-state index in [1.54, 1.807) is 4.90 Å². The van der Waals surface area contributed by atoms with Crippen LogP contribution in [0.2, 0.25) is 0 Å². The number of nitrogens with zero attached hydrogens (tertiary/aromatic N) is 1. The second kappa shape index (κ2) is 7.12. The summed E-state index contributed by atoms with van der Waals surface area (Å²) >= 11 is 0. The minimum absolute atomic E-state index is 0.310. The van der Waals surface area contributed by atoms with Gasteiger partial charge in [-0.2, -0.15) is 0 Å². The number of ether oxygens (including phenoxy) is 3. The molecule has 1 unspecified atom stereocenters. The van der Waals surface area contributed by atoms with Gasteiger partial charge < -0.3 is 19.3 Å². The van der Waals surface area contributed by atoms with Crippen molar-refractivity contribution in [3.05, 3.63) is 72.3 Å². The second-order valence-corrected chi connectivity index (χ2v) is 7.36. The summed E-state index contributed by atoms with van der Waals surface area (Å²) in [5, 5.41) is 12.4. The number of benzene rings is 3. The zero-order valence-electron chi connectivity index (χ0n) is 16.0. The van der Waals surface area contributed by atoms with Crippen LogP contribution in [0, 0.1) is 0 Å². The van der Waals surface area contributed by atoms with Gasteiger partial charge in [-0.25, -0.2) is 14.5 Å². The first kappa shape index (κ1) is 18.6. The summed E-state index contributed by atoms with van der Waals surface area (Å²) in [6, 6.07) is 21.4. The summed E-state index contributed by atoms with van der Waals surface area (Å²) in [7, 11) is 0. The number of carbonyl (C=O) groups excluding carboxylic acids is 2. The number of likely N-dealkylation sites (tertiary alicyclic amines) is 1. The van der Waals surface area contributed by atoms with Crippen LogP contribution < -0.4 is 4.74 Å². The SMILES string of the molecule is O=C1OC2(OC1=O)C(O)CCN2Cc1cccc(Oc2cccc3ccccc23)c1. The standard InChI is InChI=1S/C23H19NO6/c25-20-11-12-24(23(20)29-21(26)22(27)30-23)14-15-5-3-8-17(13-15)28-19-10-4-7-16-6-1-2-9-18(16)19/h1-10,13,20,25H,11-12,14H2. The van der Waals surface area contributed by atoms with Crippen molar-refractivity contribution in [3.8, 4) is 11.5 Å². The first-order valence-corrected chi connectivity index (χ1v) is 9.69. The zero-order valence-corrected chi connectivity index (χ0v) is 16.0. The first-order chi connectivity index (χ1) is 14.5. The summed E-state index contributed by atoms with van der Waals surface area (Å²) in [6.45, 7) is 0.723. The third-order valence-corrected chi connectivity index (χ3v) is 5.43. The van der Waals surface area contributed by atoms with E-state index in [0.717, 1.165) is 22.1 Å². The molecule has 0 aliphatic carbocycles. The average molecular weight is 405 g/mol. The molecule has 0 aromatic heterocycles. The largest absolute Gasteiger partial charge is 0.457 e. The Morgan fingerprint density at radius 1 is 1.00 bits per heavy atom. The molecule has 3 aromatic rings. The molecule has 2 saturated heterocycles. The first-order valence-electron chi connectivity index (χ1n) is 9.69. The predicted molar refractivity (Wildman–Crippen MR) is 106 cm³/mol. The Bertz CT molecular complexity index is 1120. The van der Waals surface area contributed by atoms with Gasteiger partial charge in [0, 0.05) is 18.5 Å². The van der Waals surface area contributed by atoms with Crippen molar-refractivity contribution in [3.63, 3.8) is 0 Å². The van der Waals surface area contributed by atoms with Crippen molar-refractivity contribution in [1.29, 1.82) is 0 Å². The smallest absolute Gasteiger partial charge is 0.422 e. The van der Waals surface area contributed by atoms with Gasteiger partial charge in [-0.15, -0.1) is 0 Å². The Kier molecular flexibility index (Phi) is 4.42. The Balaban J connectivity index is 1.39. The van der Waals surface area contributed by atoms with Crippen LogP contribution in [0.5, 0.6) is 11.5 Å². The van der Waals surface area contributed by atoms with Crippen LogP contribution in [-0.4, -0.2) is 40.5 Å². The molecule has 7 nitrogen and oxygen atoms in total. The molecule has 30 heavy (non-hydrogen) atoms. The van der Waals surface area contributed by atoms with Gasteiger partial charge in [-0.3, -0.25) is 0 Å². The molecule has 2 heterocycles. The van der Waals surface area contributed by atoms with E-state index in [0.29, 0.717) is 25.3 Å². The lowest BCUT2D eigenvalue weighted by Crippen LogP contribution is -2.51. The van der Waals surface area contributed by atoms with Gasteiger partial charge in [-0.05, 0) is 35.6 Å². The van der Waals surface area contributed by atoms with Gasteiger partial charge >= 0.3 is 17.8 Å². The average Bonchev–Trinajstić information content (AvgIpc) is 3.21. The van der Waals surface area contributed by atoms with E-state index in [1.807, 2.05) is 66.7 Å². The van der Waals surface area contributed by atoms with E-state index >= 15 is 0 Å². The second-order valence-electron chi connectivity index (χ2n) is 7.36. The number of aliphatic hydroxyl groups excluding tert-OH is 1. The molecule has 2 aliphatic rings. The maximum Gasteiger partial charge on any atom is 0.422 e. The van der Waals surface area contributed by atoms with Crippen molar-refractivity contribution in [2.75, 3.05) is 6.54 Å². The van der Waals surface area contributed by atoms with E-state index < -0.39 is 24.0 Å². The monoisotopic (exact) mass is 405 g/mol. The minimum Gasteiger partial charge on any atom is -0.457 e. The fourth-order valence-electron chi connectivity index (χ4n) is 3.99.